The van der Waals surface area contributed by atoms with Gasteiger partial charge in [0.25, 0.3) is 0 Å². The normalized spacial score (nSPS) is 10.8. The number of fused-ring (bicyclic) bond motifs is 1. The zero-order chi connectivity index (χ0) is 15.7. The molecule has 22 heavy (non-hydrogen) atoms. The Morgan fingerprint density at radius 2 is 2.00 bits per heavy atom. The minimum Gasteiger partial charge on any atom is -0.493 e. The quantitative estimate of drug-likeness (QED) is 0.737. The third-order valence-electron chi connectivity index (χ3n) is 3.38. The topological polar surface area (TPSA) is 108 Å². The number of anilines is 1. The summed E-state index contributed by atoms with van der Waals surface area (Å²) in [6.45, 7) is 0.329. The highest BCUT2D eigenvalue weighted by atomic mass is 16.5. The van der Waals surface area contributed by atoms with Crippen LogP contribution in [0.2, 0.25) is 0 Å². The molecule has 0 fully saturated rings. The van der Waals surface area contributed by atoms with Crippen LogP contribution in [0.3, 0.4) is 0 Å². The number of aromatic nitrogens is 4. The van der Waals surface area contributed by atoms with Crippen molar-refractivity contribution >= 4 is 17.0 Å². The molecular formula is C14H15N5O3. The molecule has 0 saturated heterocycles. The highest BCUT2D eigenvalue weighted by Gasteiger charge is 2.12. The van der Waals surface area contributed by atoms with Crippen molar-refractivity contribution < 1.29 is 9.47 Å². The number of rotatable bonds is 4. The smallest absolute Gasteiger partial charge is 0.328 e. The first kappa shape index (κ1) is 13.9. The Morgan fingerprint density at radius 3 is 2.73 bits per heavy atom. The molecule has 0 saturated carbocycles. The molecular weight excluding hydrogens is 286 g/mol. The van der Waals surface area contributed by atoms with Gasteiger partial charge in [-0.3, -0.25) is 4.57 Å². The molecule has 2 aromatic heterocycles. The number of nitrogens with zero attached hydrogens (tertiary/aromatic N) is 3. The molecule has 0 bridgehead atoms. The summed E-state index contributed by atoms with van der Waals surface area (Å²) < 4.78 is 12.0. The van der Waals surface area contributed by atoms with Gasteiger partial charge in [-0.25, -0.2) is 14.8 Å². The SMILES string of the molecule is COc1ccc(Cn2c(=O)[nH]c3c(N)ncnc32)cc1OC. The van der Waals surface area contributed by atoms with E-state index in [-0.39, 0.29) is 11.5 Å². The fourth-order valence-corrected chi connectivity index (χ4v) is 2.29. The molecule has 0 radical (unpaired) electrons. The Balaban J connectivity index is 2.05. The number of aromatic amines is 1. The van der Waals surface area contributed by atoms with Crippen molar-refractivity contribution in [2.75, 3.05) is 20.0 Å². The number of methoxy groups -OCH3 is 2. The second kappa shape index (κ2) is 5.40. The number of ether oxygens (including phenoxy) is 2. The Kier molecular flexibility index (Phi) is 3.42. The van der Waals surface area contributed by atoms with E-state index in [2.05, 4.69) is 15.0 Å². The molecule has 3 N–H and O–H groups in total. The van der Waals surface area contributed by atoms with Crippen LogP contribution in [0.25, 0.3) is 11.2 Å². The van der Waals surface area contributed by atoms with Crippen molar-refractivity contribution in [3.63, 3.8) is 0 Å². The van der Waals surface area contributed by atoms with Gasteiger partial charge >= 0.3 is 5.69 Å². The number of imidazole rings is 1. The summed E-state index contributed by atoms with van der Waals surface area (Å²) in [5.74, 6) is 1.47. The van der Waals surface area contributed by atoms with Crippen molar-refractivity contribution in [1.29, 1.82) is 0 Å². The molecule has 0 aliphatic heterocycles. The molecule has 3 rings (SSSR count). The number of nitrogens with two attached hydrogens (primary N) is 1. The van der Waals surface area contributed by atoms with E-state index in [0.717, 1.165) is 5.56 Å². The zero-order valence-electron chi connectivity index (χ0n) is 12.2. The molecule has 0 aliphatic rings. The monoisotopic (exact) mass is 301 g/mol. The van der Waals surface area contributed by atoms with E-state index in [1.807, 2.05) is 12.1 Å². The van der Waals surface area contributed by atoms with Crippen LogP contribution in [0, 0.1) is 0 Å². The van der Waals surface area contributed by atoms with E-state index in [1.54, 1.807) is 20.3 Å². The second-order valence-electron chi connectivity index (χ2n) is 4.66. The van der Waals surface area contributed by atoms with Gasteiger partial charge < -0.3 is 20.2 Å². The Morgan fingerprint density at radius 1 is 1.23 bits per heavy atom. The van der Waals surface area contributed by atoms with Crippen LogP contribution in [0.15, 0.2) is 29.3 Å². The summed E-state index contributed by atoms with van der Waals surface area (Å²) in [6.07, 6.45) is 1.33. The number of hydrogen-bond donors (Lipinski definition) is 2. The van der Waals surface area contributed by atoms with Gasteiger partial charge in [0, 0.05) is 0 Å². The van der Waals surface area contributed by atoms with Crippen molar-refractivity contribution in [2.24, 2.45) is 0 Å². The highest BCUT2D eigenvalue weighted by Crippen LogP contribution is 2.28. The molecule has 2 heterocycles. The number of H-pyrrole nitrogens is 1. The maximum Gasteiger partial charge on any atom is 0.328 e. The average molecular weight is 301 g/mol. The van der Waals surface area contributed by atoms with E-state index in [9.17, 15) is 4.79 Å². The van der Waals surface area contributed by atoms with Crippen LogP contribution in [-0.2, 0) is 6.54 Å². The zero-order valence-corrected chi connectivity index (χ0v) is 12.2. The maximum atomic E-state index is 12.1. The standard InChI is InChI=1S/C14H15N5O3/c1-21-9-4-3-8(5-10(9)22-2)6-19-13-11(18-14(19)20)12(15)16-7-17-13/h3-5,7H,6H2,1-2H3,(H,18,20)(H2,15,16,17). The summed E-state index contributed by atoms with van der Waals surface area (Å²) >= 11 is 0. The third-order valence-corrected chi connectivity index (χ3v) is 3.38. The fourth-order valence-electron chi connectivity index (χ4n) is 2.29. The summed E-state index contributed by atoms with van der Waals surface area (Å²) in [4.78, 5) is 22.8. The fraction of sp³-hybridized carbons (Fsp3) is 0.214. The number of nitrogen functional groups attached to an aromatic ring is 1. The minimum absolute atomic E-state index is 0.244. The summed E-state index contributed by atoms with van der Waals surface area (Å²) in [5, 5.41) is 0. The molecule has 114 valence electrons. The van der Waals surface area contributed by atoms with Crippen LogP contribution in [-0.4, -0.2) is 33.7 Å². The van der Waals surface area contributed by atoms with E-state index in [4.69, 9.17) is 15.2 Å². The van der Waals surface area contributed by atoms with Crippen molar-refractivity contribution in [3.8, 4) is 11.5 Å². The minimum atomic E-state index is -0.294. The Hall–Kier alpha value is -3.03. The van der Waals surface area contributed by atoms with Crippen molar-refractivity contribution in [2.45, 2.75) is 6.54 Å². The van der Waals surface area contributed by atoms with Crippen molar-refractivity contribution in [1.82, 2.24) is 19.5 Å². The van der Waals surface area contributed by atoms with E-state index < -0.39 is 0 Å². The van der Waals surface area contributed by atoms with Crippen molar-refractivity contribution in [3.05, 3.63) is 40.6 Å². The van der Waals surface area contributed by atoms with E-state index in [0.29, 0.717) is 29.2 Å². The third kappa shape index (κ3) is 2.24. The van der Waals surface area contributed by atoms with Crippen LogP contribution in [0.5, 0.6) is 11.5 Å². The Labute approximate surface area is 125 Å². The van der Waals surface area contributed by atoms with Gasteiger partial charge in [0.05, 0.1) is 20.8 Å². The lowest BCUT2D eigenvalue weighted by molar-refractivity contribution is 0.354. The van der Waals surface area contributed by atoms with Gasteiger partial charge in [-0.1, -0.05) is 6.07 Å². The first-order valence-corrected chi connectivity index (χ1v) is 6.54. The predicted molar refractivity (Wildman–Crippen MR) is 81.2 cm³/mol. The Bertz CT molecular complexity index is 884. The first-order valence-electron chi connectivity index (χ1n) is 6.54. The largest absolute Gasteiger partial charge is 0.493 e. The molecule has 0 spiro atoms. The predicted octanol–water partition coefficient (Wildman–Crippen LogP) is 0.767. The molecule has 0 amide bonds. The van der Waals surface area contributed by atoms with Crippen LogP contribution < -0.4 is 20.9 Å². The second-order valence-corrected chi connectivity index (χ2v) is 4.66. The summed E-state index contributed by atoms with van der Waals surface area (Å²) in [5.41, 5.74) is 7.23. The maximum absolute atomic E-state index is 12.1. The number of benzene rings is 1. The van der Waals surface area contributed by atoms with E-state index in [1.165, 1.54) is 10.9 Å². The van der Waals surface area contributed by atoms with Crippen LogP contribution in [0.4, 0.5) is 5.82 Å². The average Bonchev–Trinajstić information content (AvgIpc) is 2.85. The molecule has 0 atom stereocenters. The molecule has 8 nitrogen and oxygen atoms in total. The molecule has 8 heteroatoms. The molecule has 3 aromatic rings. The van der Waals surface area contributed by atoms with Gasteiger partial charge in [-0.15, -0.1) is 0 Å². The summed E-state index contributed by atoms with van der Waals surface area (Å²) in [6, 6.07) is 5.46. The van der Waals surface area contributed by atoms with Gasteiger partial charge in [0.2, 0.25) is 0 Å². The van der Waals surface area contributed by atoms with Gasteiger partial charge in [0.15, 0.2) is 23.0 Å². The van der Waals surface area contributed by atoms with Gasteiger partial charge in [0.1, 0.15) is 11.8 Å². The van der Waals surface area contributed by atoms with Gasteiger partial charge in [-0.05, 0) is 17.7 Å². The van der Waals surface area contributed by atoms with Gasteiger partial charge in [-0.2, -0.15) is 0 Å². The highest BCUT2D eigenvalue weighted by molar-refractivity contribution is 5.81. The molecule has 0 unspecified atom stereocenters. The number of hydrogen-bond acceptors (Lipinski definition) is 6. The lowest BCUT2D eigenvalue weighted by Gasteiger charge is -2.10. The number of nitrogens with one attached hydrogen (secondary N) is 1. The lowest BCUT2D eigenvalue weighted by atomic mass is 10.2. The molecule has 1 aromatic carbocycles. The molecule has 0 aliphatic carbocycles. The van der Waals surface area contributed by atoms with E-state index >= 15 is 0 Å². The van der Waals surface area contributed by atoms with Crippen LogP contribution >= 0.6 is 0 Å². The van der Waals surface area contributed by atoms with Crippen LogP contribution in [0.1, 0.15) is 5.56 Å². The lowest BCUT2D eigenvalue weighted by Crippen LogP contribution is -2.17. The first-order chi connectivity index (χ1) is 10.6. The summed E-state index contributed by atoms with van der Waals surface area (Å²) in [7, 11) is 3.13.